The molecule has 0 unspecified atom stereocenters. The minimum atomic E-state index is -0.359. The fourth-order valence-corrected chi connectivity index (χ4v) is 4.53. The quantitative estimate of drug-likeness (QED) is 0.540. The molecule has 1 amide bonds. The van der Waals surface area contributed by atoms with E-state index in [4.69, 9.17) is 11.6 Å². The molecule has 0 spiro atoms. The fourth-order valence-electron chi connectivity index (χ4n) is 3.37. The van der Waals surface area contributed by atoms with E-state index in [0.29, 0.717) is 18.7 Å². The van der Waals surface area contributed by atoms with Crippen LogP contribution in [0.2, 0.25) is 4.34 Å². The average Bonchev–Trinajstić information content (AvgIpc) is 3.12. The van der Waals surface area contributed by atoms with Gasteiger partial charge in [-0.1, -0.05) is 23.7 Å². The van der Waals surface area contributed by atoms with Crippen molar-refractivity contribution in [2.45, 2.75) is 13.1 Å². The maximum absolute atomic E-state index is 12.3. The molecule has 0 atom stereocenters. The molecule has 2 aromatic rings. The van der Waals surface area contributed by atoms with Crippen LogP contribution >= 0.6 is 22.9 Å². The van der Waals surface area contributed by atoms with Gasteiger partial charge in [0.2, 0.25) is 0 Å². The lowest BCUT2D eigenvalue weighted by Gasteiger charge is -2.29. The van der Waals surface area contributed by atoms with Gasteiger partial charge in [0.05, 0.1) is 21.9 Å². The molecule has 3 rings (SSSR count). The zero-order chi connectivity index (χ0) is 19.9. The molecular weight excluding hydrogens is 398 g/mol. The van der Waals surface area contributed by atoms with Crippen molar-refractivity contribution in [1.82, 2.24) is 5.32 Å². The number of amides is 1. The lowest BCUT2D eigenvalue weighted by atomic mass is 10.1. The smallest absolute Gasteiger partial charge is 0.337 e. The van der Waals surface area contributed by atoms with E-state index >= 15 is 0 Å². The number of esters is 1. The van der Waals surface area contributed by atoms with Gasteiger partial charge in [0, 0.05) is 6.54 Å². The number of nitrogens with one attached hydrogen (secondary N) is 3. The molecule has 0 aliphatic carbocycles. The molecule has 150 valence electrons. The summed E-state index contributed by atoms with van der Waals surface area (Å²) in [5, 5.41) is 2.97. The Morgan fingerprint density at radius 3 is 2.36 bits per heavy atom. The minimum Gasteiger partial charge on any atom is -0.465 e. The first-order chi connectivity index (χ1) is 13.5. The normalized spacial score (nSPS) is 19.2. The Bertz CT molecular complexity index is 801. The Balaban J connectivity index is 1.37. The van der Waals surface area contributed by atoms with E-state index in [1.165, 1.54) is 16.9 Å². The van der Waals surface area contributed by atoms with Crippen molar-refractivity contribution < 1.29 is 24.1 Å². The predicted molar refractivity (Wildman–Crippen MR) is 109 cm³/mol. The van der Waals surface area contributed by atoms with Crippen molar-refractivity contribution >= 4 is 34.8 Å². The first kappa shape index (κ1) is 20.8. The molecule has 8 heteroatoms. The largest absolute Gasteiger partial charge is 0.465 e. The summed E-state index contributed by atoms with van der Waals surface area (Å²) in [6.07, 6.45) is 0. The molecule has 0 saturated carbocycles. The maximum atomic E-state index is 12.3. The first-order valence-corrected chi connectivity index (χ1v) is 10.6. The van der Waals surface area contributed by atoms with Gasteiger partial charge in [-0.15, -0.1) is 11.3 Å². The zero-order valence-corrected chi connectivity index (χ0v) is 17.5. The first-order valence-electron chi connectivity index (χ1n) is 9.39. The number of carbonyl (C=O) groups excluding carboxylic acids is 2. The molecule has 1 fully saturated rings. The summed E-state index contributed by atoms with van der Waals surface area (Å²) in [6.45, 7) is 6.09. The van der Waals surface area contributed by atoms with Crippen LogP contribution in [0.4, 0.5) is 0 Å². The number of ether oxygens (including phenoxy) is 1. The molecule has 1 aromatic carbocycles. The summed E-state index contributed by atoms with van der Waals surface area (Å²) in [5.41, 5.74) is 1.46. The lowest BCUT2D eigenvalue weighted by Crippen LogP contribution is -3.28. The van der Waals surface area contributed by atoms with Crippen molar-refractivity contribution in [3.05, 3.63) is 56.7 Å². The second-order valence-electron chi connectivity index (χ2n) is 7.02. The monoisotopic (exact) mass is 423 g/mol. The van der Waals surface area contributed by atoms with Crippen LogP contribution in [-0.2, 0) is 22.6 Å². The highest BCUT2D eigenvalue weighted by Gasteiger charge is 2.25. The van der Waals surface area contributed by atoms with Crippen molar-refractivity contribution in [1.29, 1.82) is 0 Å². The highest BCUT2D eigenvalue weighted by atomic mass is 35.5. The third kappa shape index (κ3) is 6.04. The fraction of sp³-hybridized carbons (Fsp3) is 0.400. The summed E-state index contributed by atoms with van der Waals surface area (Å²) < 4.78 is 5.53. The Kier molecular flexibility index (Phi) is 7.44. The number of methoxy groups -OCH3 is 1. The van der Waals surface area contributed by atoms with E-state index in [1.807, 2.05) is 18.2 Å². The van der Waals surface area contributed by atoms with E-state index in [-0.39, 0.29) is 11.9 Å². The minimum absolute atomic E-state index is 0.0560. The number of halogens is 1. The van der Waals surface area contributed by atoms with Gasteiger partial charge in [-0.05, 0) is 29.8 Å². The van der Waals surface area contributed by atoms with Crippen LogP contribution in [0.1, 0.15) is 20.8 Å². The summed E-state index contributed by atoms with van der Waals surface area (Å²) in [6, 6.07) is 11.1. The van der Waals surface area contributed by atoms with Gasteiger partial charge >= 0.3 is 5.97 Å². The van der Waals surface area contributed by atoms with E-state index in [1.54, 1.807) is 28.4 Å². The Labute approximate surface area is 174 Å². The number of carbonyl (C=O) groups is 2. The Morgan fingerprint density at radius 1 is 1.07 bits per heavy atom. The molecule has 3 N–H and O–H groups in total. The summed E-state index contributed by atoms with van der Waals surface area (Å²) in [7, 11) is 1.36. The van der Waals surface area contributed by atoms with Gasteiger partial charge in [-0.3, -0.25) is 4.79 Å². The van der Waals surface area contributed by atoms with Crippen molar-refractivity contribution in [3.8, 4) is 0 Å². The number of quaternary nitrogens is 2. The van der Waals surface area contributed by atoms with Crippen LogP contribution in [0.3, 0.4) is 0 Å². The number of hydrogen-bond donors (Lipinski definition) is 3. The van der Waals surface area contributed by atoms with Crippen LogP contribution < -0.4 is 15.1 Å². The van der Waals surface area contributed by atoms with Crippen molar-refractivity contribution in [3.63, 3.8) is 0 Å². The topological polar surface area (TPSA) is 64.3 Å². The van der Waals surface area contributed by atoms with E-state index in [2.05, 4.69) is 16.1 Å². The second kappa shape index (κ2) is 10.0. The molecule has 1 aliphatic heterocycles. The van der Waals surface area contributed by atoms with Gasteiger partial charge in [-0.2, -0.15) is 0 Å². The second-order valence-corrected chi connectivity index (χ2v) is 8.82. The zero-order valence-electron chi connectivity index (χ0n) is 15.9. The maximum Gasteiger partial charge on any atom is 0.337 e. The summed E-state index contributed by atoms with van der Waals surface area (Å²) in [5.74, 6) is -0.303. The third-order valence-electron chi connectivity index (χ3n) is 4.99. The van der Waals surface area contributed by atoms with Gasteiger partial charge in [0.15, 0.2) is 6.54 Å². The molecule has 1 aliphatic rings. The SMILES string of the molecule is COC(=O)c1ccc(CNC(=O)C[NH+]2CC[NH+](Cc3ccc(Cl)s3)CC2)cc1. The van der Waals surface area contributed by atoms with E-state index in [9.17, 15) is 9.59 Å². The predicted octanol–water partition coefficient (Wildman–Crippen LogP) is -0.212. The standard InChI is InChI=1S/C20H24ClN3O3S/c1-27-20(26)16-4-2-15(3-5-16)12-22-19(25)14-24-10-8-23(9-11-24)13-17-6-7-18(21)28-17/h2-7H,8-14H2,1H3,(H,22,25)/p+2. The molecule has 1 aromatic heterocycles. The number of piperazine rings is 1. The van der Waals surface area contributed by atoms with Crippen LogP contribution in [0.25, 0.3) is 0 Å². The van der Waals surface area contributed by atoms with E-state index < -0.39 is 0 Å². The molecule has 2 heterocycles. The molecular formula is C20H26ClN3O3S+2. The van der Waals surface area contributed by atoms with Crippen LogP contribution in [0.15, 0.2) is 36.4 Å². The number of benzene rings is 1. The van der Waals surface area contributed by atoms with Crippen LogP contribution in [0.5, 0.6) is 0 Å². The lowest BCUT2D eigenvalue weighted by molar-refractivity contribution is -1.01. The molecule has 0 radical (unpaired) electrons. The number of hydrogen-bond acceptors (Lipinski definition) is 4. The van der Waals surface area contributed by atoms with Crippen molar-refractivity contribution in [2.24, 2.45) is 0 Å². The Hall–Kier alpha value is -1.93. The molecule has 1 saturated heterocycles. The number of thiophene rings is 1. The van der Waals surface area contributed by atoms with E-state index in [0.717, 1.165) is 42.6 Å². The molecule has 0 bridgehead atoms. The van der Waals surface area contributed by atoms with Crippen LogP contribution in [-0.4, -0.2) is 51.7 Å². The highest BCUT2D eigenvalue weighted by Crippen LogP contribution is 2.20. The van der Waals surface area contributed by atoms with Gasteiger partial charge in [0.1, 0.15) is 32.7 Å². The van der Waals surface area contributed by atoms with Gasteiger partial charge in [-0.25, -0.2) is 4.79 Å². The van der Waals surface area contributed by atoms with Gasteiger partial charge in [0.25, 0.3) is 5.91 Å². The third-order valence-corrected chi connectivity index (χ3v) is 6.22. The number of rotatable bonds is 7. The average molecular weight is 424 g/mol. The Morgan fingerprint density at radius 2 is 1.75 bits per heavy atom. The van der Waals surface area contributed by atoms with Crippen molar-refractivity contribution in [2.75, 3.05) is 39.8 Å². The molecule has 6 nitrogen and oxygen atoms in total. The van der Waals surface area contributed by atoms with Crippen LogP contribution in [0, 0.1) is 0 Å². The van der Waals surface area contributed by atoms with Gasteiger partial charge < -0.3 is 19.9 Å². The summed E-state index contributed by atoms with van der Waals surface area (Å²) >= 11 is 7.65. The molecule has 28 heavy (non-hydrogen) atoms. The summed E-state index contributed by atoms with van der Waals surface area (Å²) in [4.78, 5) is 27.9. The highest BCUT2D eigenvalue weighted by molar-refractivity contribution is 7.16.